The lowest BCUT2D eigenvalue weighted by Crippen LogP contribution is -2.31. The molecule has 38 heavy (non-hydrogen) atoms. The number of halogens is 3. The first-order chi connectivity index (χ1) is 18.5. The second-order valence-electron chi connectivity index (χ2n) is 8.95. The van der Waals surface area contributed by atoms with Crippen molar-refractivity contribution in [3.63, 3.8) is 0 Å². The van der Waals surface area contributed by atoms with Gasteiger partial charge in [0, 0.05) is 25.5 Å². The fourth-order valence-electron chi connectivity index (χ4n) is 4.44. The van der Waals surface area contributed by atoms with Crippen LogP contribution in [0.25, 0.3) is 0 Å². The first-order valence-corrected chi connectivity index (χ1v) is 12.1. The Hall–Kier alpha value is -4.37. The molecule has 0 aliphatic rings. The predicted octanol–water partition coefficient (Wildman–Crippen LogP) is 5.93. The van der Waals surface area contributed by atoms with Crippen LogP contribution in [0.15, 0.2) is 109 Å². The zero-order valence-electron chi connectivity index (χ0n) is 20.4. The van der Waals surface area contributed by atoms with E-state index in [1.165, 1.54) is 12.1 Å². The third kappa shape index (κ3) is 6.12. The molecule has 2 heterocycles. The highest BCUT2D eigenvalue weighted by Crippen LogP contribution is 2.34. The molecule has 1 atom stereocenters. The van der Waals surface area contributed by atoms with Crippen LogP contribution in [0.1, 0.15) is 39.7 Å². The number of rotatable bonds is 9. The Labute approximate surface area is 218 Å². The molecule has 9 heteroatoms. The number of pyridine rings is 1. The van der Waals surface area contributed by atoms with Gasteiger partial charge in [-0.05, 0) is 50.9 Å². The van der Waals surface area contributed by atoms with Crippen LogP contribution in [0.3, 0.4) is 0 Å². The van der Waals surface area contributed by atoms with E-state index in [2.05, 4.69) is 25.4 Å². The van der Waals surface area contributed by atoms with Crippen LogP contribution in [0.5, 0.6) is 0 Å². The average molecular weight is 515 g/mol. The lowest BCUT2D eigenvalue weighted by molar-refractivity contribution is -0.137. The van der Waals surface area contributed by atoms with Gasteiger partial charge < -0.3 is 0 Å². The smallest absolute Gasteiger partial charge is 0.281 e. The van der Waals surface area contributed by atoms with Crippen molar-refractivity contribution >= 4 is 0 Å². The third-order valence-electron chi connectivity index (χ3n) is 6.24. The summed E-state index contributed by atoms with van der Waals surface area (Å²) in [5, 5.41) is 12.6. The molecule has 3 aromatic carbocycles. The summed E-state index contributed by atoms with van der Waals surface area (Å²) in [6.07, 6.45) is -0.935. The van der Waals surface area contributed by atoms with Gasteiger partial charge in [-0.3, -0.25) is 9.88 Å². The zero-order chi connectivity index (χ0) is 26.4. The molecule has 0 bridgehead atoms. The molecular weight excluding hydrogens is 489 g/mol. The summed E-state index contributed by atoms with van der Waals surface area (Å²) in [6.45, 7) is 1.42. The molecule has 0 radical (unpaired) electrons. The van der Waals surface area contributed by atoms with Crippen molar-refractivity contribution < 1.29 is 13.2 Å². The summed E-state index contributed by atoms with van der Waals surface area (Å²) in [6, 6.07) is 28.2. The van der Waals surface area contributed by atoms with E-state index in [1.54, 1.807) is 17.1 Å². The number of tetrazole rings is 1. The van der Waals surface area contributed by atoms with Gasteiger partial charge in [0.1, 0.15) is 0 Å². The van der Waals surface area contributed by atoms with Crippen molar-refractivity contribution in [2.45, 2.75) is 31.9 Å². The number of hydrogen-bond donors (Lipinski definition) is 0. The summed E-state index contributed by atoms with van der Waals surface area (Å²) in [7, 11) is 0. The lowest BCUT2D eigenvalue weighted by Gasteiger charge is -2.31. The van der Waals surface area contributed by atoms with Gasteiger partial charge in [0.15, 0.2) is 5.82 Å². The maximum absolute atomic E-state index is 13.4. The third-order valence-corrected chi connectivity index (χ3v) is 6.24. The van der Waals surface area contributed by atoms with Crippen molar-refractivity contribution in [1.29, 1.82) is 0 Å². The normalized spacial score (nSPS) is 12.5. The quantitative estimate of drug-likeness (QED) is 0.244. The molecule has 2 aromatic heterocycles. The fourth-order valence-corrected chi connectivity index (χ4v) is 4.44. The number of benzene rings is 3. The molecule has 0 aliphatic heterocycles. The summed E-state index contributed by atoms with van der Waals surface area (Å²) in [4.78, 5) is 6.41. The maximum Gasteiger partial charge on any atom is 0.416 e. The monoisotopic (exact) mass is 514 g/mol. The molecule has 0 saturated carbocycles. The van der Waals surface area contributed by atoms with Crippen LogP contribution in [0.4, 0.5) is 13.2 Å². The SMILES string of the molecule is FC(F)(F)c1ccc([C@@H](c2nnnn2Cc2ccccc2)N(Cc2ccccc2)Cc2cccnc2)cc1. The molecule has 0 N–H and O–H groups in total. The molecule has 0 spiro atoms. The van der Waals surface area contributed by atoms with Crippen LogP contribution in [0, 0.1) is 0 Å². The maximum atomic E-state index is 13.4. The summed E-state index contributed by atoms with van der Waals surface area (Å²) < 4.78 is 41.8. The van der Waals surface area contributed by atoms with Crippen LogP contribution < -0.4 is 0 Å². The second kappa shape index (κ2) is 11.4. The largest absolute Gasteiger partial charge is 0.416 e. The standard InChI is InChI=1S/C29H25F3N6/c30-29(31,32)26-15-13-25(14-16-26)27(28-34-35-36-38(28)21-23-10-5-2-6-11-23)37(19-22-8-3-1-4-9-22)20-24-12-7-17-33-18-24/h1-18,27H,19-21H2/t27-/m0/s1. The van der Waals surface area contributed by atoms with Crippen molar-refractivity contribution in [3.05, 3.63) is 143 Å². The highest BCUT2D eigenvalue weighted by molar-refractivity contribution is 5.31. The average Bonchev–Trinajstić information content (AvgIpc) is 3.38. The van der Waals surface area contributed by atoms with E-state index in [4.69, 9.17) is 0 Å². The lowest BCUT2D eigenvalue weighted by atomic mass is 10.0. The number of nitrogens with zero attached hydrogens (tertiary/aromatic N) is 6. The Morgan fingerprint density at radius 1 is 0.737 bits per heavy atom. The van der Waals surface area contributed by atoms with Crippen molar-refractivity contribution in [3.8, 4) is 0 Å². The van der Waals surface area contributed by atoms with E-state index in [0.717, 1.165) is 28.8 Å². The van der Waals surface area contributed by atoms with Gasteiger partial charge in [0.05, 0.1) is 18.2 Å². The van der Waals surface area contributed by atoms with Gasteiger partial charge in [-0.1, -0.05) is 78.9 Å². The fraction of sp³-hybridized carbons (Fsp3) is 0.172. The minimum atomic E-state index is -4.43. The van der Waals surface area contributed by atoms with E-state index in [9.17, 15) is 13.2 Å². The minimum Gasteiger partial charge on any atom is -0.281 e. The van der Waals surface area contributed by atoms with Gasteiger partial charge in [-0.25, -0.2) is 4.68 Å². The Bertz CT molecular complexity index is 1380. The predicted molar refractivity (Wildman–Crippen MR) is 137 cm³/mol. The van der Waals surface area contributed by atoms with E-state index in [-0.39, 0.29) is 0 Å². The van der Waals surface area contributed by atoms with Crippen molar-refractivity contribution in [2.75, 3.05) is 0 Å². The van der Waals surface area contributed by atoms with Crippen LogP contribution >= 0.6 is 0 Å². The molecule has 0 aliphatic carbocycles. The van der Waals surface area contributed by atoms with E-state index >= 15 is 0 Å². The molecular formula is C29H25F3N6. The summed E-state index contributed by atoms with van der Waals surface area (Å²) in [5.41, 5.74) is 2.97. The molecule has 192 valence electrons. The van der Waals surface area contributed by atoms with Gasteiger partial charge in [0.25, 0.3) is 0 Å². The van der Waals surface area contributed by atoms with Crippen molar-refractivity contribution in [2.24, 2.45) is 0 Å². The molecule has 0 fully saturated rings. The minimum absolute atomic E-state index is 0.423. The van der Waals surface area contributed by atoms with Gasteiger partial charge in [-0.15, -0.1) is 5.10 Å². The highest BCUT2D eigenvalue weighted by atomic mass is 19.4. The van der Waals surface area contributed by atoms with Gasteiger partial charge in [0.2, 0.25) is 0 Å². The summed E-state index contributed by atoms with van der Waals surface area (Å²) >= 11 is 0. The Balaban J connectivity index is 1.60. The number of alkyl halides is 3. The first-order valence-electron chi connectivity index (χ1n) is 12.1. The second-order valence-corrected chi connectivity index (χ2v) is 8.95. The topological polar surface area (TPSA) is 59.7 Å². The van der Waals surface area contributed by atoms with E-state index in [1.807, 2.05) is 72.8 Å². The summed E-state index contributed by atoms with van der Waals surface area (Å²) in [5.74, 6) is 0.536. The molecule has 5 rings (SSSR count). The first kappa shape index (κ1) is 25.3. The van der Waals surface area contributed by atoms with E-state index in [0.29, 0.717) is 31.0 Å². The molecule has 5 aromatic rings. The van der Waals surface area contributed by atoms with Crippen LogP contribution in [0.2, 0.25) is 0 Å². The van der Waals surface area contributed by atoms with Gasteiger partial charge in [-0.2, -0.15) is 13.2 Å². The Morgan fingerprint density at radius 3 is 2.00 bits per heavy atom. The molecule has 0 amide bonds. The number of aromatic nitrogens is 5. The van der Waals surface area contributed by atoms with Crippen LogP contribution in [-0.4, -0.2) is 30.1 Å². The van der Waals surface area contributed by atoms with Crippen LogP contribution in [-0.2, 0) is 25.8 Å². The Kier molecular flexibility index (Phi) is 7.55. The number of hydrogen-bond acceptors (Lipinski definition) is 5. The zero-order valence-corrected chi connectivity index (χ0v) is 20.4. The van der Waals surface area contributed by atoms with E-state index < -0.39 is 17.8 Å². The molecule has 0 saturated heterocycles. The Morgan fingerprint density at radius 2 is 1.37 bits per heavy atom. The highest BCUT2D eigenvalue weighted by Gasteiger charge is 2.32. The van der Waals surface area contributed by atoms with Crippen molar-refractivity contribution in [1.82, 2.24) is 30.1 Å². The van der Waals surface area contributed by atoms with Gasteiger partial charge >= 0.3 is 6.18 Å². The molecule has 6 nitrogen and oxygen atoms in total. The molecule has 0 unspecified atom stereocenters.